The SMILES string of the molecule is Cc1cccc(C(=O)N2CCC[C@@]3(C[C@@H](Oc4cccc(Cl)c4)CO3)C2)n1. The van der Waals surface area contributed by atoms with Crippen LogP contribution in [0.4, 0.5) is 0 Å². The third-order valence-electron chi connectivity index (χ3n) is 5.21. The van der Waals surface area contributed by atoms with Crippen LogP contribution in [-0.2, 0) is 4.74 Å². The van der Waals surface area contributed by atoms with E-state index in [9.17, 15) is 4.79 Å². The molecular formula is C21H23ClN2O3. The van der Waals surface area contributed by atoms with E-state index in [0.29, 0.717) is 23.9 Å². The van der Waals surface area contributed by atoms with Crippen LogP contribution in [0.2, 0.25) is 5.02 Å². The minimum atomic E-state index is -0.332. The first kappa shape index (κ1) is 18.3. The fraction of sp³-hybridized carbons (Fsp3) is 0.429. The summed E-state index contributed by atoms with van der Waals surface area (Å²) in [4.78, 5) is 19.1. The third-order valence-corrected chi connectivity index (χ3v) is 5.44. The number of halogens is 1. The lowest BCUT2D eigenvalue weighted by atomic mass is 9.89. The van der Waals surface area contributed by atoms with Crippen molar-refractivity contribution in [1.82, 2.24) is 9.88 Å². The predicted octanol–water partition coefficient (Wildman–Crippen LogP) is 3.89. The maximum atomic E-state index is 12.9. The van der Waals surface area contributed by atoms with Crippen molar-refractivity contribution < 1.29 is 14.3 Å². The number of likely N-dealkylation sites (tertiary alicyclic amines) is 1. The summed E-state index contributed by atoms with van der Waals surface area (Å²) in [6.07, 6.45) is 2.59. The van der Waals surface area contributed by atoms with Crippen molar-refractivity contribution in [2.75, 3.05) is 19.7 Å². The quantitative estimate of drug-likeness (QED) is 0.803. The first-order chi connectivity index (χ1) is 13.0. The van der Waals surface area contributed by atoms with Gasteiger partial charge in [-0.3, -0.25) is 4.79 Å². The summed E-state index contributed by atoms with van der Waals surface area (Å²) >= 11 is 6.03. The van der Waals surface area contributed by atoms with E-state index in [1.54, 1.807) is 6.07 Å². The smallest absolute Gasteiger partial charge is 0.272 e. The number of hydrogen-bond donors (Lipinski definition) is 0. The lowest BCUT2D eigenvalue weighted by Crippen LogP contribution is -2.50. The van der Waals surface area contributed by atoms with E-state index in [0.717, 1.165) is 37.3 Å². The van der Waals surface area contributed by atoms with Crippen LogP contribution in [-0.4, -0.2) is 47.2 Å². The monoisotopic (exact) mass is 386 g/mol. The summed E-state index contributed by atoms with van der Waals surface area (Å²) in [6.45, 7) is 3.74. The molecule has 27 heavy (non-hydrogen) atoms. The Bertz CT molecular complexity index is 844. The topological polar surface area (TPSA) is 51.7 Å². The summed E-state index contributed by atoms with van der Waals surface area (Å²) in [5.41, 5.74) is 1.01. The molecule has 0 aliphatic carbocycles. The third kappa shape index (κ3) is 4.09. The van der Waals surface area contributed by atoms with Crippen molar-refractivity contribution in [3.05, 3.63) is 58.9 Å². The minimum Gasteiger partial charge on any atom is -0.488 e. The molecule has 0 radical (unpaired) electrons. The van der Waals surface area contributed by atoms with E-state index in [1.807, 2.05) is 48.2 Å². The van der Waals surface area contributed by atoms with Crippen LogP contribution >= 0.6 is 11.6 Å². The van der Waals surface area contributed by atoms with E-state index >= 15 is 0 Å². The lowest BCUT2D eigenvalue weighted by molar-refractivity contribution is -0.0454. The Hall–Kier alpha value is -2.11. The zero-order chi connectivity index (χ0) is 18.9. The molecule has 0 saturated carbocycles. The highest BCUT2D eigenvalue weighted by molar-refractivity contribution is 6.30. The number of piperidine rings is 1. The van der Waals surface area contributed by atoms with Crippen LogP contribution in [0.25, 0.3) is 0 Å². The van der Waals surface area contributed by atoms with E-state index in [4.69, 9.17) is 21.1 Å². The number of pyridine rings is 1. The zero-order valence-electron chi connectivity index (χ0n) is 15.4. The molecule has 3 heterocycles. The molecule has 0 bridgehead atoms. The molecule has 2 aromatic rings. The number of ether oxygens (including phenoxy) is 2. The van der Waals surface area contributed by atoms with Gasteiger partial charge in [-0.15, -0.1) is 0 Å². The van der Waals surface area contributed by atoms with Gasteiger partial charge in [0.2, 0.25) is 0 Å². The van der Waals surface area contributed by atoms with Gasteiger partial charge in [-0.25, -0.2) is 4.98 Å². The second-order valence-electron chi connectivity index (χ2n) is 7.39. The van der Waals surface area contributed by atoms with Gasteiger partial charge in [0.15, 0.2) is 0 Å². The number of aryl methyl sites for hydroxylation is 1. The Morgan fingerprint density at radius 3 is 3.00 bits per heavy atom. The van der Waals surface area contributed by atoms with Crippen molar-refractivity contribution >= 4 is 17.5 Å². The Morgan fingerprint density at radius 1 is 1.33 bits per heavy atom. The highest BCUT2D eigenvalue weighted by Gasteiger charge is 2.45. The molecule has 1 amide bonds. The standard InChI is InChI=1S/C21H23ClN2O3/c1-15-5-2-8-19(23-15)20(25)24-10-4-9-21(14-24)12-18(13-26-21)27-17-7-3-6-16(22)11-17/h2-3,5-8,11,18H,4,9-10,12-14H2,1H3/t18-,21-/m1/s1. The number of aromatic nitrogens is 1. The second-order valence-corrected chi connectivity index (χ2v) is 7.83. The number of carbonyl (C=O) groups excluding carboxylic acids is 1. The van der Waals surface area contributed by atoms with Crippen molar-refractivity contribution in [3.63, 3.8) is 0 Å². The summed E-state index contributed by atoms with van der Waals surface area (Å²) in [5.74, 6) is 0.724. The van der Waals surface area contributed by atoms with E-state index in [-0.39, 0.29) is 17.6 Å². The van der Waals surface area contributed by atoms with E-state index in [1.165, 1.54) is 0 Å². The average molecular weight is 387 g/mol. The summed E-state index contributed by atoms with van der Waals surface area (Å²) in [7, 11) is 0. The average Bonchev–Trinajstić information content (AvgIpc) is 3.02. The number of carbonyl (C=O) groups is 1. The molecule has 4 rings (SSSR count). The molecule has 2 atom stereocenters. The molecule has 2 aliphatic rings. The Balaban J connectivity index is 1.42. The van der Waals surface area contributed by atoms with Crippen molar-refractivity contribution in [2.24, 2.45) is 0 Å². The normalized spacial score (nSPS) is 25.0. The fourth-order valence-electron chi connectivity index (χ4n) is 3.99. The maximum Gasteiger partial charge on any atom is 0.272 e. The lowest BCUT2D eigenvalue weighted by Gasteiger charge is -2.39. The molecule has 2 saturated heterocycles. The van der Waals surface area contributed by atoms with Crippen molar-refractivity contribution in [2.45, 2.75) is 37.9 Å². The van der Waals surface area contributed by atoms with Gasteiger partial charge in [0.05, 0.1) is 18.8 Å². The second kappa shape index (κ2) is 7.49. The number of amides is 1. The van der Waals surface area contributed by atoms with Crippen LogP contribution in [0.15, 0.2) is 42.5 Å². The highest BCUT2D eigenvalue weighted by Crippen LogP contribution is 2.36. The molecule has 5 nitrogen and oxygen atoms in total. The van der Waals surface area contributed by atoms with Gasteiger partial charge in [-0.2, -0.15) is 0 Å². The van der Waals surface area contributed by atoms with E-state index < -0.39 is 0 Å². The molecule has 1 aromatic carbocycles. The summed E-state index contributed by atoms with van der Waals surface area (Å²) < 4.78 is 12.2. The number of benzene rings is 1. The Kier molecular flexibility index (Phi) is 5.06. The van der Waals surface area contributed by atoms with Crippen LogP contribution in [0.5, 0.6) is 5.75 Å². The van der Waals surface area contributed by atoms with Crippen molar-refractivity contribution in [1.29, 1.82) is 0 Å². The van der Waals surface area contributed by atoms with E-state index in [2.05, 4.69) is 4.98 Å². The number of rotatable bonds is 3. The Labute approximate surface area is 164 Å². The molecule has 6 heteroatoms. The molecule has 2 fully saturated rings. The molecular weight excluding hydrogens is 364 g/mol. The highest BCUT2D eigenvalue weighted by atomic mass is 35.5. The van der Waals surface area contributed by atoms with Crippen LogP contribution in [0, 0.1) is 6.92 Å². The van der Waals surface area contributed by atoms with Gasteiger partial charge >= 0.3 is 0 Å². The summed E-state index contributed by atoms with van der Waals surface area (Å²) in [6, 6.07) is 13.0. The van der Waals surface area contributed by atoms with Crippen molar-refractivity contribution in [3.8, 4) is 5.75 Å². The van der Waals surface area contributed by atoms with Crippen LogP contribution in [0.3, 0.4) is 0 Å². The van der Waals surface area contributed by atoms with Gasteiger partial charge in [0.1, 0.15) is 17.5 Å². The molecule has 1 spiro atoms. The predicted molar refractivity (Wildman–Crippen MR) is 103 cm³/mol. The first-order valence-electron chi connectivity index (χ1n) is 9.32. The molecule has 0 unspecified atom stereocenters. The molecule has 2 aliphatic heterocycles. The maximum absolute atomic E-state index is 12.9. The zero-order valence-corrected chi connectivity index (χ0v) is 16.1. The molecule has 0 N–H and O–H groups in total. The summed E-state index contributed by atoms with van der Waals surface area (Å²) in [5, 5.41) is 0.654. The minimum absolute atomic E-state index is 0.0272. The Morgan fingerprint density at radius 2 is 2.19 bits per heavy atom. The van der Waals surface area contributed by atoms with Gasteiger partial charge in [-0.05, 0) is 50.1 Å². The van der Waals surface area contributed by atoms with Gasteiger partial charge < -0.3 is 14.4 Å². The number of nitrogens with zero attached hydrogens (tertiary/aromatic N) is 2. The molecule has 1 aromatic heterocycles. The van der Waals surface area contributed by atoms with Gasteiger partial charge in [0.25, 0.3) is 5.91 Å². The van der Waals surface area contributed by atoms with Crippen LogP contribution in [0.1, 0.15) is 35.4 Å². The largest absolute Gasteiger partial charge is 0.488 e. The first-order valence-corrected chi connectivity index (χ1v) is 9.70. The molecule has 142 valence electrons. The van der Waals surface area contributed by atoms with Gasteiger partial charge in [0, 0.05) is 23.7 Å². The van der Waals surface area contributed by atoms with Crippen LogP contribution < -0.4 is 4.74 Å². The number of hydrogen-bond acceptors (Lipinski definition) is 4. The fourth-order valence-corrected chi connectivity index (χ4v) is 4.17. The van der Waals surface area contributed by atoms with Gasteiger partial charge in [-0.1, -0.05) is 23.7 Å².